The zero-order chi connectivity index (χ0) is 21.2. The van der Waals surface area contributed by atoms with E-state index in [1.807, 2.05) is 22.6 Å². The van der Waals surface area contributed by atoms with Crippen LogP contribution in [-0.2, 0) is 19.7 Å². The van der Waals surface area contributed by atoms with Crippen molar-refractivity contribution in [3.8, 4) is 11.5 Å². The molecule has 11 heteroatoms. The van der Waals surface area contributed by atoms with Crippen LogP contribution in [0.4, 0.5) is 0 Å². The second-order valence-corrected chi connectivity index (χ2v) is 8.80. The van der Waals surface area contributed by atoms with Crippen LogP contribution in [0.25, 0.3) is 6.08 Å². The first-order valence-electron chi connectivity index (χ1n) is 7.96. The first-order valence-corrected chi connectivity index (χ1v) is 10.9. The molecule has 0 saturated carbocycles. The maximum absolute atomic E-state index is 12.5. The van der Waals surface area contributed by atoms with Gasteiger partial charge in [0, 0.05) is 0 Å². The van der Waals surface area contributed by atoms with E-state index in [2.05, 4.69) is 10.6 Å². The molecule has 0 aliphatic carbocycles. The highest BCUT2D eigenvalue weighted by molar-refractivity contribution is 14.1. The molecule has 1 aliphatic heterocycles. The second-order valence-electron chi connectivity index (χ2n) is 5.68. The van der Waals surface area contributed by atoms with Crippen molar-refractivity contribution in [3.63, 3.8) is 0 Å². The molecule has 1 heterocycles. The average Bonchev–Trinajstić information content (AvgIpc) is 2.67. The Hall–Kier alpha value is -2.51. The van der Waals surface area contributed by atoms with E-state index in [0.29, 0.717) is 9.13 Å². The van der Waals surface area contributed by atoms with Crippen molar-refractivity contribution >= 4 is 67.9 Å². The molecule has 2 aromatic rings. The van der Waals surface area contributed by atoms with Gasteiger partial charge in [0.1, 0.15) is 10.5 Å². The number of thiocarbonyl (C=S) groups is 1. The summed E-state index contributed by atoms with van der Waals surface area (Å²) < 4.78 is 36.0. The van der Waals surface area contributed by atoms with E-state index >= 15 is 0 Å². The lowest BCUT2D eigenvalue weighted by Crippen LogP contribution is -2.51. The Labute approximate surface area is 185 Å². The number of carbonyl (C=O) groups is 2. The van der Waals surface area contributed by atoms with Gasteiger partial charge in [-0.2, -0.15) is 8.42 Å². The van der Waals surface area contributed by atoms with Gasteiger partial charge in [0.2, 0.25) is 0 Å². The largest absolute Gasteiger partial charge is 0.493 e. The summed E-state index contributed by atoms with van der Waals surface area (Å²) in [5.74, 6) is -1.16. The van der Waals surface area contributed by atoms with Crippen LogP contribution in [0.15, 0.2) is 52.9 Å². The number of halogens is 1. The van der Waals surface area contributed by atoms with Crippen molar-refractivity contribution < 1.29 is 26.9 Å². The molecule has 150 valence electrons. The predicted molar refractivity (Wildman–Crippen MR) is 117 cm³/mol. The Bertz CT molecular complexity index is 1120. The fraction of sp³-hybridized carbons (Fsp3) is 0.0556. The molecular weight excluding hydrogens is 531 g/mol. The summed E-state index contributed by atoms with van der Waals surface area (Å²) in [5.41, 5.74) is 0.283. The Morgan fingerprint density at radius 1 is 1.07 bits per heavy atom. The van der Waals surface area contributed by atoms with Crippen LogP contribution in [0.3, 0.4) is 0 Å². The number of carbonyl (C=O) groups excluding carboxylic acids is 2. The van der Waals surface area contributed by atoms with Crippen LogP contribution in [0, 0.1) is 3.57 Å². The number of methoxy groups -OCH3 is 1. The van der Waals surface area contributed by atoms with Crippen molar-refractivity contribution in [1.29, 1.82) is 0 Å². The monoisotopic (exact) mass is 544 g/mol. The molecule has 1 fully saturated rings. The van der Waals surface area contributed by atoms with Crippen LogP contribution in [0.5, 0.6) is 11.5 Å². The first kappa shape index (κ1) is 21.2. The van der Waals surface area contributed by atoms with Crippen molar-refractivity contribution in [2.24, 2.45) is 0 Å². The molecule has 0 unspecified atom stereocenters. The molecule has 0 atom stereocenters. The number of amides is 2. The number of benzene rings is 2. The third-order valence-electron chi connectivity index (χ3n) is 3.73. The highest BCUT2D eigenvalue weighted by Gasteiger charge is 2.26. The first-order chi connectivity index (χ1) is 13.7. The zero-order valence-corrected chi connectivity index (χ0v) is 18.6. The van der Waals surface area contributed by atoms with Crippen molar-refractivity contribution in [2.45, 2.75) is 4.90 Å². The van der Waals surface area contributed by atoms with E-state index < -0.39 is 21.9 Å². The topological polar surface area (TPSA) is 111 Å². The molecule has 1 aliphatic rings. The van der Waals surface area contributed by atoms with Gasteiger partial charge in [0.15, 0.2) is 16.6 Å². The summed E-state index contributed by atoms with van der Waals surface area (Å²) in [6.07, 6.45) is 1.34. The minimum atomic E-state index is -4.07. The van der Waals surface area contributed by atoms with Gasteiger partial charge in [-0.25, -0.2) is 0 Å². The van der Waals surface area contributed by atoms with E-state index in [1.165, 1.54) is 31.4 Å². The van der Waals surface area contributed by atoms with Crippen molar-refractivity contribution in [1.82, 2.24) is 10.6 Å². The SMILES string of the molecule is COc1cc(C=C2C(=O)NC(=S)NC2=O)cc(I)c1OS(=O)(=O)c1ccccc1. The standard InChI is InChI=1S/C18H13IN2O6S2/c1-26-14-9-10(7-12-16(22)20-18(28)21-17(12)23)8-13(19)15(14)27-29(24,25)11-5-3-2-4-6-11/h2-9H,1H3,(H2,20,21,22,23,28). The lowest BCUT2D eigenvalue weighted by atomic mass is 10.1. The predicted octanol–water partition coefficient (Wildman–Crippen LogP) is 1.98. The number of rotatable bonds is 5. The summed E-state index contributed by atoms with van der Waals surface area (Å²) >= 11 is 6.64. The fourth-order valence-corrected chi connectivity index (χ4v) is 4.47. The van der Waals surface area contributed by atoms with Gasteiger partial charge in [-0.05, 0) is 70.7 Å². The van der Waals surface area contributed by atoms with Crippen LogP contribution in [0.2, 0.25) is 0 Å². The van der Waals surface area contributed by atoms with Crippen molar-refractivity contribution in [2.75, 3.05) is 7.11 Å². The zero-order valence-electron chi connectivity index (χ0n) is 14.8. The molecule has 2 N–H and O–H groups in total. The molecule has 0 radical (unpaired) electrons. The van der Waals surface area contributed by atoms with Gasteiger partial charge in [-0.15, -0.1) is 0 Å². The Kier molecular flexibility index (Phi) is 6.19. The summed E-state index contributed by atoms with van der Waals surface area (Å²) in [7, 11) is -2.72. The van der Waals surface area contributed by atoms with E-state index in [9.17, 15) is 18.0 Å². The minimum absolute atomic E-state index is 0.00201. The second kappa shape index (κ2) is 8.47. The lowest BCUT2D eigenvalue weighted by molar-refractivity contribution is -0.123. The molecule has 2 aromatic carbocycles. The van der Waals surface area contributed by atoms with Crippen LogP contribution in [-0.4, -0.2) is 32.5 Å². The quantitative estimate of drug-likeness (QED) is 0.195. The third kappa shape index (κ3) is 4.74. The Morgan fingerprint density at radius 2 is 1.69 bits per heavy atom. The molecule has 1 saturated heterocycles. The molecule has 0 spiro atoms. The molecule has 8 nitrogen and oxygen atoms in total. The van der Waals surface area contributed by atoms with E-state index in [-0.39, 0.29) is 27.1 Å². The average molecular weight is 544 g/mol. The maximum atomic E-state index is 12.5. The van der Waals surface area contributed by atoms with Gasteiger partial charge < -0.3 is 8.92 Å². The summed E-state index contributed by atoms with van der Waals surface area (Å²) in [4.78, 5) is 24.0. The highest BCUT2D eigenvalue weighted by Crippen LogP contribution is 2.36. The molecule has 3 rings (SSSR count). The lowest BCUT2D eigenvalue weighted by Gasteiger charge is -2.17. The van der Waals surface area contributed by atoms with Crippen LogP contribution in [0.1, 0.15) is 5.56 Å². The summed E-state index contributed by atoms with van der Waals surface area (Å²) in [6.45, 7) is 0. The highest BCUT2D eigenvalue weighted by atomic mass is 127. The number of hydrogen-bond donors (Lipinski definition) is 2. The molecule has 29 heavy (non-hydrogen) atoms. The maximum Gasteiger partial charge on any atom is 0.339 e. The summed E-state index contributed by atoms with van der Waals surface area (Å²) in [5, 5.41) is 4.61. The van der Waals surface area contributed by atoms with Gasteiger partial charge in [0.25, 0.3) is 11.8 Å². The number of hydrogen-bond acceptors (Lipinski definition) is 7. The Morgan fingerprint density at radius 3 is 2.28 bits per heavy atom. The number of ether oxygens (including phenoxy) is 1. The number of nitrogens with one attached hydrogen (secondary N) is 2. The molecular formula is C18H13IN2O6S2. The van der Waals surface area contributed by atoms with E-state index in [0.717, 1.165) is 0 Å². The van der Waals surface area contributed by atoms with Crippen LogP contribution < -0.4 is 19.6 Å². The van der Waals surface area contributed by atoms with E-state index in [4.69, 9.17) is 21.1 Å². The van der Waals surface area contributed by atoms with Gasteiger partial charge in [0.05, 0.1) is 10.7 Å². The van der Waals surface area contributed by atoms with E-state index in [1.54, 1.807) is 24.3 Å². The fourth-order valence-electron chi connectivity index (χ4n) is 2.42. The smallest absolute Gasteiger partial charge is 0.339 e. The van der Waals surface area contributed by atoms with Gasteiger partial charge in [-0.1, -0.05) is 18.2 Å². The van der Waals surface area contributed by atoms with Crippen molar-refractivity contribution in [3.05, 3.63) is 57.2 Å². The Balaban J connectivity index is 1.99. The third-order valence-corrected chi connectivity index (χ3v) is 5.97. The minimum Gasteiger partial charge on any atom is -0.493 e. The molecule has 0 aromatic heterocycles. The molecule has 0 bridgehead atoms. The normalized spacial score (nSPS) is 14.1. The van der Waals surface area contributed by atoms with Gasteiger partial charge in [-0.3, -0.25) is 20.2 Å². The molecule has 2 amide bonds. The van der Waals surface area contributed by atoms with Gasteiger partial charge >= 0.3 is 10.1 Å². The summed E-state index contributed by atoms with van der Waals surface area (Å²) in [6, 6.07) is 10.7. The van der Waals surface area contributed by atoms with Crippen LogP contribution >= 0.6 is 34.8 Å².